The SMILES string of the molecule is CC1(C)CC[C@]2(C(=O)OCCCCOc3no[n+]([O-])c3S(=O)(=O)c3ccccc3)CC[C@]3(C)C(=CC[C@@H]4[C@@]5(C)CC[C@H](OC(=O)C(F)(F)F)C(C)(C)[C@@H]5CC[C@]43C)[C@@H]2C1. The minimum absolute atomic E-state index is 0.00836. The number of sulfone groups is 1. The zero-order valence-corrected chi connectivity index (χ0v) is 36.1. The van der Waals surface area contributed by atoms with E-state index in [2.05, 4.69) is 50.5 Å². The van der Waals surface area contributed by atoms with Crippen molar-refractivity contribution in [2.75, 3.05) is 13.2 Å². The van der Waals surface area contributed by atoms with E-state index >= 15 is 0 Å². The van der Waals surface area contributed by atoms with Crippen LogP contribution in [-0.2, 0) is 28.9 Å². The summed E-state index contributed by atoms with van der Waals surface area (Å²) >= 11 is 0. The number of allylic oxidation sites excluding steroid dienone is 2. The van der Waals surface area contributed by atoms with Gasteiger partial charge in [0.15, 0.2) is 0 Å². The first-order valence-corrected chi connectivity index (χ1v) is 22.6. The van der Waals surface area contributed by atoms with Gasteiger partial charge < -0.3 is 19.4 Å². The Kier molecular flexibility index (Phi) is 10.9. The number of carbonyl (C=O) groups excluding carboxylic acids is 2. The van der Waals surface area contributed by atoms with Gasteiger partial charge in [-0.1, -0.05) is 78.3 Å². The fourth-order valence-corrected chi connectivity index (χ4v) is 14.2. The molecule has 0 amide bonds. The molecule has 15 heteroatoms. The first-order chi connectivity index (χ1) is 27.4. The summed E-state index contributed by atoms with van der Waals surface area (Å²) in [7, 11) is -4.25. The maximum atomic E-state index is 14.4. The molecule has 8 atom stereocenters. The highest BCUT2D eigenvalue weighted by Crippen LogP contribution is 2.76. The number of unbranched alkanes of at least 4 members (excludes halogenated alkanes) is 1. The largest absolute Gasteiger partial charge is 0.490 e. The van der Waals surface area contributed by atoms with Gasteiger partial charge in [-0.25, -0.2) is 13.2 Å². The Morgan fingerprint density at radius 3 is 2.29 bits per heavy atom. The van der Waals surface area contributed by atoms with Crippen molar-refractivity contribution in [2.45, 2.75) is 148 Å². The van der Waals surface area contributed by atoms with Gasteiger partial charge in [0.25, 0.3) is 9.84 Å². The van der Waals surface area contributed by atoms with Crippen LogP contribution in [-0.4, -0.2) is 51.0 Å². The molecule has 1 aromatic heterocycles. The highest BCUT2D eigenvalue weighted by molar-refractivity contribution is 7.91. The first-order valence-electron chi connectivity index (χ1n) is 21.1. The van der Waals surface area contributed by atoms with Crippen LogP contribution in [0, 0.1) is 55.5 Å². The van der Waals surface area contributed by atoms with Crippen LogP contribution in [0.5, 0.6) is 5.88 Å². The Labute approximate surface area is 345 Å². The quantitative estimate of drug-likeness (QED) is 0.0981. The van der Waals surface area contributed by atoms with E-state index in [9.17, 15) is 36.4 Å². The van der Waals surface area contributed by atoms with E-state index in [1.165, 1.54) is 17.7 Å². The molecule has 59 heavy (non-hydrogen) atoms. The van der Waals surface area contributed by atoms with Gasteiger partial charge >= 0.3 is 29.0 Å². The third-order valence-corrected chi connectivity index (χ3v) is 18.1. The number of nitrogens with zero attached hydrogens (tertiary/aromatic N) is 2. The van der Waals surface area contributed by atoms with Gasteiger partial charge in [0.2, 0.25) is 0 Å². The molecule has 0 radical (unpaired) electrons. The van der Waals surface area contributed by atoms with Crippen molar-refractivity contribution in [1.82, 2.24) is 5.16 Å². The molecule has 0 N–H and O–H groups in total. The molecule has 5 aliphatic carbocycles. The second kappa shape index (κ2) is 14.8. The van der Waals surface area contributed by atoms with E-state index in [1.807, 2.05) is 13.8 Å². The van der Waals surface area contributed by atoms with Crippen molar-refractivity contribution < 1.29 is 54.9 Å². The molecule has 2 aromatic rings. The van der Waals surface area contributed by atoms with Gasteiger partial charge in [-0.2, -0.15) is 13.2 Å². The molecule has 0 unspecified atom stereocenters. The molecule has 1 heterocycles. The molecule has 7 rings (SSSR count). The monoisotopic (exact) mass is 848 g/mol. The average Bonchev–Trinajstić information content (AvgIpc) is 3.54. The van der Waals surface area contributed by atoms with Gasteiger partial charge in [0, 0.05) is 5.41 Å². The molecular weight excluding hydrogens is 790 g/mol. The van der Waals surface area contributed by atoms with E-state index in [0.29, 0.717) is 32.1 Å². The van der Waals surface area contributed by atoms with Crippen molar-refractivity contribution in [2.24, 2.45) is 50.2 Å². The van der Waals surface area contributed by atoms with Crippen LogP contribution in [0.15, 0.2) is 56.5 Å². The van der Waals surface area contributed by atoms with Gasteiger partial charge in [0.1, 0.15) is 6.10 Å². The number of halogens is 3. The smallest absolute Gasteiger partial charge is 0.465 e. The molecule has 0 bridgehead atoms. The minimum atomic E-state index is -5.03. The van der Waals surface area contributed by atoms with Gasteiger partial charge in [-0.05, 0) is 133 Å². The minimum Gasteiger partial charge on any atom is -0.465 e. The van der Waals surface area contributed by atoms with Crippen LogP contribution >= 0.6 is 0 Å². The number of aromatic nitrogens is 2. The van der Waals surface area contributed by atoms with E-state index in [-0.39, 0.29) is 68.4 Å². The lowest BCUT2D eigenvalue weighted by Crippen LogP contribution is -2.65. The molecule has 11 nitrogen and oxygen atoms in total. The number of esters is 2. The van der Waals surface area contributed by atoms with Crippen molar-refractivity contribution in [3.8, 4) is 5.88 Å². The summed E-state index contributed by atoms with van der Waals surface area (Å²) < 4.78 is 87.5. The van der Waals surface area contributed by atoms with Gasteiger partial charge in [-0.15, -0.1) is 0 Å². The number of benzene rings is 1. The van der Waals surface area contributed by atoms with Crippen molar-refractivity contribution >= 4 is 21.8 Å². The zero-order chi connectivity index (χ0) is 43.0. The van der Waals surface area contributed by atoms with Gasteiger partial charge in [0.05, 0.1) is 28.7 Å². The zero-order valence-electron chi connectivity index (χ0n) is 35.3. The van der Waals surface area contributed by atoms with Crippen molar-refractivity contribution in [1.29, 1.82) is 0 Å². The van der Waals surface area contributed by atoms with E-state index in [1.54, 1.807) is 18.2 Å². The predicted octanol–water partition coefficient (Wildman–Crippen LogP) is 9.12. The van der Waals surface area contributed by atoms with Crippen LogP contribution < -0.4 is 9.64 Å². The third kappa shape index (κ3) is 7.06. The number of hydrogen-bond donors (Lipinski definition) is 0. The van der Waals surface area contributed by atoms with E-state index in [0.717, 1.165) is 44.9 Å². The molecule has 0 saturated heterocycles. The fraction of sp³-hybridized carbons (Fsp3) is 0.727. The summed E-state index contributed by atoms with van der Waals surface area (Å²) in [6, 6.07) is 7.46. The van der Waals surface area contributed by atoms with Crippen LogP contribution in [0.4, 0.5) is 13.2 Å². The maximum absolute atomic E-state index is 14.4. The third-order valence-electron chi connectivity index (χ3n) is 16.3. The highest BCUT2D eigenvalue weighted by Gasteiger charge is 2.70. The molecule has 4 fully saturated rings. The summed E-state index contributed by atoms with van der Waals surface area (Å²) in [5.41, 5.74) is -0.380. The molecule has 4 saturated carbocycles. The fourth-order valence-electron chi connectivity index (χ4n) is 12.9. The number of fused-ring (bicyclic) bond motifs is 7. The van der Waals surface area contributed by atoms with Crippen LogP contribution in [0.1, 0.15) is 126 Å². The highest BCUT2D eigenvalue weighted by atomic mass is 32.2. The lowest BCUT2D eigenvalue weighted by atomic mass is 9.33. The lowest BCUT2D eigenvalue weighted by molar-refractivity contribution is -0.832. The number of alkyl halides is 3. The number of hydrogen-bond acceptors (Lipinski definition) is 10. The van der Waals surface area contributed by atoms with E-state index in [4.69, 9.17) is 14.2 Å². The summed E-state index contributed by atoms with van der Waals surface area (Å²) in [5.74, 6) is -2.37. The number of carbonyl (C=O) groups is 2. The molecule has 1 aromatic carbocycles. The Bertz CT molecular complexity index is 2080. The van der Waals surface area contributed by atoms with Crippen molar-refractivity contribution in [3.63, 3.8) is 0 Å². The van der Waals surface area contributed by atoms with Crippen LogP contribution in [0.2, 0.25) is 0 Å². The van der Waals surface area contributed by atoms with E-state index < -0.39 is 49.8 Å². The Hall–Kier alpha value is -3.62. The first kappa shape index (κ1) is 43.5. The average molecular weight is 849 g/mol. The Morgan fingerprint density at radius 1 is 0.915 bits per heavy atom. The standard InChI is InChI=1S/C44H59F3N2O9S/c1-38(2)21-23-43(36(50)56-26-12-11-25-55-34-35(49(52)58-48-34)59(53,54)28-13-9-8-10-14-28)24-22-41(6)29(30(43)27-38)15-16-32-40(5)19-18-33(57-37(51)44(45,46)47)39(3,4)31(40)17-20-42(32,41)7/h8-10,13-15,30-33H,11-12,16-27H2,1-7H3/t30-,31-,32+,33-,40-,41+,42+,43-/m0/s1. The number of ether oxygens (including phenoxy) is 3. The van der Waals surface area contributed by atoms with Crippen molar-refractivity contribution in [3.05, 3.63) is 47.2 Å². The topological polar surface area (TPSA) is 149 Å². The molecule has 5 aliphatic rings. The predicted molar refractivity (Wildman–Crippen MR) is 208 cm³/mol. The normalized spacial score (nSPS) is 34.8. The van der Waals surface area contributed by atoms with Gasteiger partial charge in [-0.3, -0.25) is 9.42 Å². The summed E-state index contributed by atoms with van der Waals surface area (Å²) in [5, 5.41) is 15.0. The Balaban J connectivity index is 1.04. The van der Waals surface area contributed by atoms with Crippen LogP contribution in [0.3, 0.4) is 0 Å². The molecular formula is C44H59F3N2O9S. The Morgan fingerprint density at radius 2 is 1.59 bits per heavy atom. The maximum Gasteiger partial charge on any atom is 0.490 e. The summed E-state index contributed by atoms with van der Waals surface area (Å²) in [4.78, 5) is 26.1. The second-order valence-corrected chi connectivity index (χ2v) is 22.0. The molecule has 326 valence electrons. The van der Waals surface area contributed by atoms with Crippen LogP contribution in [0.25, 0.3) is 0 Å². The lowest BCUT2D eigenvalue weighted by Gasteiger charge is -2.71. The molecule has 0 spiro atoms. The molecule has 0 aliphatic heterocycles. The summed E-state index contributed by atoms with van der Waals surface area (Å²) in [6.07, 6.45) is 5.07. The number of rotatable bonds is 10. The second-order valence-electron chi connectivity index (χ2n) is 20.2. The summed E-state index contributed by atoms with van der Waals surface area (Å²) in [6.45, 7) is 15.8.